The number of esters is 1. The molecule has 1 aromatic carbocycles. The lowest BCUT2D eigenvalue weighted by Crippen LogP contribution is -2.49. The molecule has 0 spiro atoms. The Balaban J connectivity index is 0. The Kier molecular flexibility index (Phi) is 28.0. The quantitative estimate of drug-likeness (QED) is 0.118. The number of likely N-dealkylation sites (N-methyl/N-ethyl adjacent to an activating group) is 1. The number of nitrogens with one attached hydrogen (secondary N) is 1. The second-order valence-corrected chi connectivity index (χ2v) is 12.8. The predicted molar refractivity (Wildman–Crippen MR) is 205 cm³/mol. The summed E-state index contributed by atoms with van der Waals surface area (Å²) in [6.45, 7) is 15.0. The molecule has 1 saturated heterocycles. The van der Waals surface area contributed by atoms with E-state index in [4.69, 9.17) is 15.2 Å². The van der Waals surface area contributed by atoms with E-state index in [2.05, 4.69) is 68.7 Å². The minimum absolute atomic E-state index is 0.0316. The topological polar surface area (TPSA) is 156 Å². The van der Waals surface area contributed by atoms with Crippen LogP contribution in [0.3, 0.4) is 0 Å². The van der Waals surface area contributed by atoms with E-state index in [0.29, 0.717) is 18.4 Å². The van der Waals surface area contributed by atoms with Crippen molar-refractivity contribution in [2.24, 2.45) is 22.6 Å². The summed E-state index contributed by atoms with van der Waals surface area (Å²) in [7, 11) is 9.90. The van der Waals surface area contributed by atoms with Crippen LogP contribution in [-0.4, -0.2) is 131 Å². The third-order valence-corrected chi connectivity index (χ3v) is 8.60. The molecule has 3 amide bonds. The number of hydrogen-bond donors (Lipinski definition) is 2. The highest BCUT2D eigenvalue weighted by molar-refractivity contribution is 5.84. The van der Waals surface area contributed by atoms with Gasteiger partial charge >= 0.3 is 5.97 Å². The molecule has 3 N–H and O–H groups in total. The van der Waals surface area contributed by atoms with Gasteiger partial charge in [0.2, 0.25) is 18.2 Å². The van der Waals surface area contributed by atoms with Crippen molar-refractivity contribution in [2.75, 3.05) is 62.1 Å². The number of benzene rings is 1. The van der Waals surface area contributed by atoms with Crippen LogP contribution >= 0.6 is 0 Å². The van der Waals surface area contributed by atoms with Gasteiger partial charge in [-0.25, -0.2) is 4.99 Å². The van der Waals surface area contributed by atoms with Crippen molar-refractivity contribution in [2.45, 2.75) is 105 Å². The summed E-state index contributed by atoms with van der Waals surface area (Å²) >= 11 is 0. The third kappa shape index (κ3) is 19.5. The summed E-state index contributed by atoms with van der Waals surface area (Å²) in [5.74, 6) is -0.583. The van der Waals surface area contributed by atoms with Gasteiger partial charge in [-0.3, -0.25) is 19.2 Å². The molecule has 6 atom stereocenters. The van der Waals surface area contributed by atoms with Crippen LogP contribution in [0.2, 0.25) is 0 Å². The average Bonchev–Trinajstić information content (AvgIpc) is 3.60. The molecule has 13 nitrogen and oxygen atoms in total. The first-order valence-corrected chi connectivity index (χ1v) is 18.0. The molecule has 6 unspecified atom stereocenters. The van der Waals surface area contributed by atoms with Crippen LogP contribution in [0, 0.1) is 18.8 Å². The number of carbonyl (C=O) groups excluding carboxylic acids is 4. The lowest BCUT2D eigenvalue weighted by Gasteiger charge is -2.37. The van der Waals surface area contributed by atoms with E-state index in [0.717, 1.165) is 32.1 Å². The minimum atomic E-state index is -0.505. The van der Waals surface area contributed by atoms with E-state index in [1.807, 2.05) is 25.2 Å². The predicted octanol–water partition coefficient (Wildman–Crippen LogP) is 4.12. The van der Waals surface area contributed by atoms with Gasteiger partial charge in [0.15, 0.2) is 5.96 Å². The second kappa shape index (κ2) is 28.9. The maximum atomic E-state index is 12.4. The molecule has 0 aromatic heterocycles. The van der Waals surface area contributed by atoms with Crippen LogP contribution in [0.5, 0.6) is 0 Å². The van der Waals surface area contributed by atoms with Crippen LogP contribution in [0.4, 0.5) is 0 Å². The van der Waals surface area contributed by atoms with Crippen LogP contribution in [0.15, 0.2) is 35.3 Å². The van der Waals surface area contributed by atoms with E-state index in [1.54, 1.807) is 42.8 Å². The number of aliphatic imine (C=N–C) groups is 1. The van der Waals surface area contributed by atoms with Gasteiger partial charge in [0.1, 0.15) is 13.1 Å². The fourth-order valence-corrected chi connectivity index (χ4v) is 5.42. The Morgan fingerprint density at radius 3 is 2.02 bits per heavy atom. The molecule has 2 rings (SSSR count). The average molecular weight is 723 g/mol. The van der Waals surface area contributed by atoms with Gasteiger partial charge in [0, 0.05) is 41.9 Å². The van der Waals surface area contributed by atoms with Gasteiger partial charge in [0.25, 0.3) is 0 Å². The normalized spacial score (nSPS) is 16.5. The zero-order valence-electron chi connectivity index (χ0n) is 33.8. The SMILES string of the molecule is CCC.CCC(C)C(C(CC)OC)N(C)C(=O)CN=C(N)N(C)C.COC(=O)CNC(=O)C(C)C(OC)C1CCCN1C=O.Cc1ccccc1. The summed E-state index contributed by atoms with van der Waals surface area (Å²) in [6.07, 6.45) is 5.26. The first-order valence-electron chi connectivity index (χ1n) is 18.0. The van der Waals surface area contributed by atoms with Crippen molar-refractivity contribution >= 4 is 30.2 Å². The first kappa shape index (κ1) is 49.4. The number of nitrogens with two attached hydrogens (primary N) is 1. The molecule has 1 aliphatic rings. The van der Waals surface area contributed by atoms with Crippen LogP contribution in [0.25, 0.3) is 0 Å². The van der Waals surface area contributed by atoms with Gasteiger partial charge in [-0.05, 0) is 32.1 Å². The number of carbonyl (C=O) groups is 4. The highest BCUT2D eigenvalue weighted by Crippen LogP contribution is 2.25. The van der Waals surface area contributed by atoms with Crippen molar-refractivity contribution in [1.82, 2.24) is 20.0 Å². The van der Waals surface area contributed by atoms with E-state index in [9.17, 15) is 19.2 Å². The summed E-state index contributed by atoms with van der Waals surface area (Å²) in [5, 5.41) is 2.50. The van der Waals surface area contributed by atoms with E-state index in [-0.39, 0.29) is 49.2 Å². The zero-order chi connectivity index (χ0) is 39.5. The molecular formula is C38H70N6O7. The van der Waals surface area contributed by atoms with Crippen LogP contribution in [-0.2, 0) is 33.4 Å². The molecule has 294 valence electrons. The van der Waals surface area contributed by atoms with E-state index < -0.39 is 11.9 Å². The maximum Gasteiger partial charge on any atom is 0.325 e. The smallest absolute Gasteiger partial charge is 0.325 e. The number of ether oxygens (including phenoxy) is 3. The lowest BCUT2D eigenvalue weighted by molar-refractivity contribution is -0.142. The highest BCUT2D eigenvalue weighted by Gasteiger charge is 2.37. The number of amides is 3. The third-order valence-electron chi connectivity index (χ3n) is 8.60. The Morgan fingerprint density at radius 1 is 1.02 bits per heavy atom. The van der Waals surface area contributed by atoms with Crippen molar-refractivity contribution in [3.63, 3.8) is 0 Å². The maximum absolute atomic E-state index is 12.4. The molecule has 0 bridgehead atoms. The Bertz CT molecular complexity index is 1120. The van der Waals surface area contributed by atoms with Gasteiger partial charge < -0.3 is 40.0 Å². The number of nitrogens with zero attached hydrogens (tertiary/aromatic N) is 4. The lowest BCUT2D eigenvalue weighted by atomic mass is 9.91. The van der Waals surface area contributed by atoms with Crippen molar-refractivity contribution in [1.29, 1.82) is 0 Å². The standard InChI is InChI=1S/C15H32N4O2.C13H22N2O5.C7H8.C3H8/c1-8-11(3)14(12(9-2)21-7)19(6)13(20)10-17-15(16)18(4)5;1-9(13(18)14-7-11(17)19-2)12(20-3)10-5-4-6-15(10)8-16;1-7-5-3-2-4-6-7;1-3-2/h11-12,14H,8-10H2,1-7H3,(H2,16,17);8-10,12H,4-7H2,1-3H3,(H,14,18);2-6H,1H3;3H2,1-2H3. The molecule has 1 heterocycles. The number of rotatable bonds is 15. The van der Waals surface area contributed by atoms with Gasteiger partial charge in [-0.1, -0.05) is 90.3 Å². The fourth-order valence-electron chi connectivity index (χ4n) is 5.42. The molecule has 51 heavy (non-hydrogen) atoms. The minimum Gasteiger partial charge on any atom is -0.468 e. The molecule has 0 saturated carbocycles. The van der Waals surface area contributed by atoms with Crippen molar-refractivity contribution < 1.29 is 33.4 Å². The van der Waals surface area contributed by atoms with Gasteiger partial charge in [-0.15, -0.1) is 0 Å². The number of likely N-dealkylation sites (tertiary alicyclic amines) is 1. The zero-order valence-corrected chi connectivity index (χ0v) is 33.8. The number of methoxy groups -OCH3 is 3. The fraction of sp³-hybridized carbons (Fsp3) is 0.711. The van der Waals surface area contributed by atoms with Crippen molar-refractivity contribution in [3.8, 4) is 0 Å². The number of guanidine groups is 1. The molecule has 0 radical (unpaired) electrons. The van der Waals surface area contributed by atoms with E-state index in [1.165, 1.54) is 26.2 Å². The Labute approximate surface area is 308 Å². The summed E-state index contributed by atoms with van der Waals surface area (Å²) in [6, 6.07) is 10.2. The summed E-state index contributed by atoms with van der Waals surface area (Å²) in [4.78, 5) is 55.6. The molecule has 1 aromatic rings. The number of aryl methyl sites for hydroxylation is 1. The van der Waals surface area contributed by atoms with Crippen molar-refractivity contribution in [3.05, 3.63) is 35.9 Å². The van der Waals surface area contributed by atoms with Gasteiger partial charge in [-0.2, -0.15) is 0 Å². The number of hydrogen-bond acceptors (Lipinski definition) is 8. The molecule has 0 aliphatic carbocycles. The van der Waals surface area contributed by atoms with Gasteiger partial charge in [0.05, 0.1) is 37.3 Å². The van der Waals surface area contributed by atoms with Crippen LogP contribution < -0.4 is 11.1 Å². The highest BCUT2D eigenvalue weighted by atomic mass is 16.5. The molecule has 1 fully saturated rings. The summed E-state index contributed by atoms with van der Waals surface area (Å²) < 4.78 is 15.4. The first-order chi connectivity index (χ1) is 24.1. The summed E-state index contributed by atoms with van der Waals surface area (Å²) in [5.41, 5.74) is 7.04. The van der Waals surface area contributed by atoms with E-state index >= 15 is 0 Å². The monoisotopic (exact) mass is 723 g/mol. The molecular weight excluding hydrogens is 652 g/mol. The largest absolute Gasteiger partial charge is 0.468 e. The van der Waals surface area contributed by atoms with Crippen LogP contribution in [0.1, 0.15) is 79.2 Å². The molecule has 13 heteroatoms. The Hall–Kier alpha value is -3.71. The molecule has 1 aliphatic heterocycles. The second-order valence-electron chi connectivity index (χ2n) is 12.8. The Morgan fingerprint density at radius 2 is 1.61 bits per heavy atom.